The lowest BCUT2D eigenvalue weighted by Gasteiger charge is -2.27. The SMILES string of the molecule is CN(Cc1ccc(Br)o1)C(=O)NCCN1CCOCC1. The summed E-state index contributed by atoms with van der Waals surface area (Å²) in [5.41, 5.74) is 0. The van der Waals surface area contributed by atoms with Crippen molar-refractivity contribution >= 4 is 22.0 Å². The lowest BCUT2D eigenvalue weighted by Crippen LogP contribution is -2.44. The van der Waals surface area contributed by atoms with E-state index in [4.69, 9.17) is 9.15 Å². The molecule has 2 rings (SSSR count). The Labute approximate surface area is 127 Å². The molecule has 7 heteroatoms. The molecule has 1 N–H and O–H groups in total. The van der Waals surface area contributed by atoms with E-state index in [2.05, 4.69) is 26.1 Å². The maximum atomic E-state index is 11.9. The summed E-state index contributed by atoms with van der Waals surface area (Å²) in [4.78, 5) is 15.8. The summed E-state index contributed by atoms with van der Waals surface area (Å²) in [6.07, 6.45) is 0. The first-order chi connectivity index (χ1) is 9.65. The van der Waals surface area contributed by atoms with Gasteiger partial charge in [-0.15, -0.1) is 0 Å². The number of nitrogens with one attached hydrogen (secondary N) is 1. The molecule has 0 aromatic carbocycles. The van der Waals surface area contributed by atoms with E-state index in [0.29, 0.717) is 17.8 Å². The van der Waals surface area contributed by atoms with Gasteiger partial charge in [0.25, 0.3) is 0 Å². The molecule has 0 radical (unpaired) electrons. The Bertz CT molecular complexity index is 432. The molecular formula is C13H20BrN3O3. The molecule has 1 fully saturated rings. The third-order valence-electron chi connectivity index (χ3n) is 3.18. The van der Waals surface area contributed by atoms with E-state index < -0.39 is 0 Å². The molecule has 1 saturated heterocycles. The van der Waals surface area contributed by atoms with Gasteiger partial charge in [-0.05, 0) is 28.1 Å². The van der Waals surface area contributed by atoms with Crippen molar-refractivity contribution in [3.63, 3.8) is 0 Å². The smallest absolute Gasteiger partial charge is 0.317 e. The highest BCUT2D eigenvalue weighted by atomic mass is 79.9. The van der Waals surface area contributed by atoms with Crippen LogP contribution in [0.25, 0.3) is 0 Å². The van der Waals surface area contributed by atoms with Crippen LogP contribution in [-0.4, -0.2) is 62.3 Å². The molecule has 1 aromatic rings. The second-order valence-corrected chi connectivity index (χ2v) is 5.53. The summed E-state index contributed by atoms with van der Waals surface area (Å²) in [6, 6.07) is 3.58. The Morgan fingerprint density at radius 1 is 1.45 bits per heavy atom. The predicted molar refractivity (Wildman–Crippen MR) is 78.5 cm³/mol. The molecule has 1 aliphatic heterocycles. The first kappa shape index (κ1) is 15.3. The second-order valence-electron chi connectivity index (χ2n) is 4.75. The molecule has 0 unspecified atom stereocenters. The van der Waals surface area contributed by atoms with Crippen LogP contribution in [0, 0.1) is 0 Å². The number of hydrogen-bond donors (Lipinski definition) is 1. The monoisotopic (exact) mass is 345 g/mol. The maximum Gasteiger partial charge on any atom is 0.317 e. The van der Waals surface area contributed by atoms with E-state index in [1.54, 1.807) is 11.9 Å². The molecule has 2 amide bonds. The normalized spacial score (nSPS) is 16.1. The van der Waals surface area contributed by atoms with E-state index in [9.17, 15) is 4.79 Å². The van der Waals surface area contributed by atoms with Gasteiger partial charge < -0.3 is 19.4 Å². The molecule has 1 aliphatic rings. The van der Waals surface area contributed by atoms with Crippen LogP contribution in [0.3, 0.4) is 0 Å². The van der Waals surface area contributed by atoms with Gasteiger partial charge >= 0.3 is 6.03 Å². The van der Waals surface area contributed by atoms with Gasteiger partial charge in [0.15, 0.2) is 4.67 Å². The van der Waals surface area contributed by atoms with Crippen molar-refractivity contribution in [1.82, 2.24) is 15.1 Å². The van der Waals surface area contributed by atoms with Crippen LogP contribution in [0.1, 0.15) is 5.76 Å². The molecule has 0 atom stereocenters. The van der Waals surface area contributed by atoms with Crippen LogP contribution < -0.4 is 5.32 Å². The second kappa shape index (κ2) is 7.66. The summed E-state index contributed by atoms with van der Waals surface area (Å²) in [5, 5.41) is 2.91. The fraction of sp³-hybridized carbons (Fsp3) is 0.615. The summed E-state index contributed by atoms with van der Waals surface area (Å²) >= 11 is 3.24. The summed E-state index contributed by atoms with van der Waals surface area (Å²) < 4.78 is 11.3. The van der Waals surface area contributed by atoms with Gasteiger partial charge in [-0.2, -0.15) is 0 Å². The van der Waals surface area contributed by atoms with Crippen molar-refractivity contribution in [2.45, 2.75) is 6.54 Å². The first-order valence-corrected chi connectivity index (χ1v) is 7.48. The summed E-state index contributed by atoms with van der Waals surface area (Å²) in [6.45, 7) is 5.38. The van der Waals surface area contributed by atoms with E-state index in [1.165, 1.54) is 0 Å². The van der Waals surface area contributed by atoms with E-state index >= 15 is 0 Å². The zero-order valence-electron chi connectivity index (χ0n) is 11.6. The molecule has 0 saturated carbocycles. The highest BCUT2D eigenvalue weighted by molar-refractivity contribution is 9.10. The number of urea groups is 1. The van der Waals surface area contributed by atoms with Gasteiger partial charge in [0, 0.05) is 33.2 Å². The number of amides is 2. The van der Waals surface area contributed by atoms with Crippen molar-refractivity contribution in [3.05, 3.63) is 22.6 Å². The molecule has 112 valence electrons. The molecule has 0 aliphatic carbocycles. The third kappa shape index (κ3) is 4.81. The number of furan rings is 1. The van der Waals surface area contributed by atoms with Gasteiger partial charge in [-0.25, -0.2) is 4.79 Å². The quantitative estimate of drug-likeness (QED) is 0.878. The molecule has 0 spiro atoms. The Hall–Kier alpha value is -1.05. The largest absolute Gasteiger partial charge is 0.452 e. The zero-order chi connectivity index (χ0) is 14.4. The molecule has 1 aromatic heterocycles. The van der Waals surface area contributed by atoms with Crippen molar-refractivity contribution in [3.8, 4) is 0 Å². The maximum absolute atomic E-state index is 11.9. The van der Waals surface area contributed by atoms with E-state index in [-0.39, 0.29) is 6.03 Å². The first-order valence-electron chi connectivity index (χ1n) is 6.68. The van der Waals surface area contributed by atoms with Crippen LogP contribution in [0.2, 0.25) is 0 Å². The van der Waals surface area contributed by atoms with Crippen LogP contribution in [0.4, 0.5) is 4.79 Å². The molecule has 20 heavy (non-hydrogen) atoms. The van der Waals surface area contributed by atoms with E-state index in [0.717, 1.165) is 38.6 Å². The van der Waals surface area contributed by atoms with Crippen LogP contribution in [0.15, 0.2) is 21.2 Å². The van der Waals surface area contributed by atoms with Crippen LogP contribution in [-0.2, 0) is 11.3 Å². The van der Waals surface area contributed by atoms with Gasteiger partial charge in [0.1, 0.15) is 5.76 Å². The van der Waals surface area contributed by atoms with Gasteiger partial charge in [-0.1, -0.05) is 0 Å². The highest BCUT2D eigenvalue weighted by Gasteiger charge is 2.13. The van der Waals surface area contributed by atoms with Crippen molar-refractivity contribution < 1.29 is 13.9 Å². The zero-order valence-corrected chi connectivity index (χ0v) is 13.2. The Morgan fingerprint density at radius 2 is 2.20 bits per heavy atom. The molecule has 6 nitrogen and oxygen atoms in total. The molecular weight excluding hydrogens is 326 g/mol. The number of ether oxygens (including phenoxy) is 1. The number of morpholine rings is 1. The number of rotatable bonds is 5. The van der Waals surface area contributed by atoms with Gasteiger partial charge in [0.05, 0.1) is 19.8 Å². The predicted octanol–water partition coefficient (Wildman–Crippen LogP) is 1.52. The minimum absolute atomic E-state index is 0.0919. The number of halogens is 1. The summed E-state index contributed by atoms with van der Waals surface area (Å²) in [5.74, 6) is 0.753. The number of nitrogens with zero attached hydrogens (tertiary/aromatic N) is 2. The summed E-state index contributed by atoms with van der Waals surface area (Å²) in [7, 11) is 1.75. The number of carbonyl (C=O) groups excluding carboxylic acids is 1. The minimum Gasteiger partial charge on any atom is -0.452 e. The third-order valence-corrected chi connectivity index (χ3v) is 3.60. The molecule has 2 heterocycles. The van der Waals surface area contributed by atoms with E-state index in [1.807, 2.05) is 12.1 Å². The Balaban J connectivity index is 1.65. The Morgan fingerprint density at radius 3 is 2.85 bits per heavy atom. The fourth-order valence-corrected chi connectivity index (χ4v) is 2.36. The average Bonchev–Trinajstić information content (AvgIpc) is 2.85. The number of carbonyl (C=O) groups is 1. The standard InChI is InChI=1S/C13H20BrN3O3/c1-16(10-11-2-3-12(14)20-11)13(18)15-4-5-17-6-8-19-9-7-17/h2-3H,4-10H2,1H3,(H,15,18). The fourth-order valence-electron chi connectivity index (χ4n) is 2.02. The van der Waals surface area contributed by atoms with Gasteiger partial charge in [0.2, 0.25) is 0 Å². The highest BCUT2D eigenvalue weighted by Crippen LogP contribution is 2.15. The van der Waals surface area contributed by atoms with Crippen LogP contribution in [0.5, 0.6) is 0 Å². The van der Waals surface area contributed by atoms with Crippen molar-refractivity contribution in [2.24, 2.45) is 0 Å². The lowest BCUT2D eigenvalue weighted by atomic mass is 10.4. The topological polar surface area (TPSA) is 58.0 Å². The van der Waals surface area contributed by atoms with Crippen molar-refractivity contribution in [1.29, 1.82) is 0 Å². The van der Waals surface area contributed by atoms with Crippen molar-refractivity contribution in [2.75, 3.05) is 46.4 Å². The van der Waals surface area contributed by atoms with Gasteiger partial charge in [-0.3, -0.25) is 4.90 Å². The Kier molecular flexibility index (Phi) is 5.87. The van der Waals surface area contributed by atoms with Crippen LogP contribution >= 0.6 is 15.9 Å². The minimum atomic E-state index is -0.0919. The number of hydrogen-bond acceptors (Lipinski definition) is 4. The average molecular weight is 346 g/mol. The molecule has 0 bridgehead atoms. The lowest BCUT2D eigenvalue weighted by molar-refractivity contribution is 0.0386.